The van der Waals surface area contributed by atoms with E-state index >= 15 is 0 Å². The number of aromatic nitrogens is 1. The molecule has 3 heterocycles. The van der Waals surface area contributed by atoms with E-state index in [1.807, 2.05) is 34.8 Å². The van der Waals surface area contributed by atoms with Gasteiger partial charge in [0.15, 0.2) is 0 Å². The molecule has 140 valence electrons. The highest BCUT2D eigenvalue weighted by molar-refractivity contribution is 7.88. The van der Waals surface area contributed by atoms with Gasteiger partial charge in [0.2, 0.25) is 10.0 Å². The second-order valence-corrected chi connectivity index (χ2v) is 9.19. The van der Waals surface area contributed by atoms with Crippen LogP contribution in [0.3, 0.4) is 0 Å². The fraction of sp³-hybridized carbons (Fsp3) is 0.706. The summed E-state index contributed by atoms with van der Waals surface area (Å²) in [5.74, 6) is 0.0712. The van der Waals surface area contributed by atoms with Crippen LogP contribution in [-0.2, 0) is 17.1 Å². The summed E-state index contributed by atoms with van der Waals surface area (Å²) in [6.45, 7) is 6.25. The van der Waals surface area contributed by atoms with Crippen molar-refractivity contribution in [3.63, 3.8) is 0 Å². The van der Waals surface area contributed by atoms with Gasteiger partial charge in [-0.2, -0.15) is 0 Å². The summed E-state index contributed by atoms with van der Waals surface area (Å²) in [7, 11) is -1.26. The highest BCUT2D eigenvalue weighted by Crippen LogP contribution is 2.33. The lowest BCUT2D eigenvalue weighted by molar-refractivity contribution is 0.0307. The summed E-state index contributed by atoms with van der Waals surface area (Å²) >= 11 is 0. The van der Waals surface area contributed by atoms with E-state index in [0.717, 1.165) is 25.9 Å². The summed E-state index contributed by atoms with van der Waals surface area (Å²) < 4.78 is 27.2. The third kappa shape index (κ3) is 3.47. The number of aryl methyl sites for hydroxylation is 1. The Morgan fingerprint density at radius 3 is 2.36 bits per heavy atom. The van der Waals surface area contributed by atoms with Crippen LogP contribution in [0, 0.1) is 0 Å². The van der Waals surface area contributed by atoms with E-state index in [0.29, 0.717) is 31.9 Å². The number of piperazine rings is 1. The Bertz CT molecular complexity index is 737. The van der Waals surface area contributed by atoms with E-state index in [1.54, 1.807) is 4.31 Å². The van der Waals surface area contributed by atoms with Crippen molar-refractivity contribution in [3.8, 4) is 0 Å². The largest absolute Gasteiger partial charge is 0.347 e. The van der Waals surface area contributed by atoms with Gasteiger partial charge in [-0.15, -0.1) is 0 Å². The Labute approximate surface area is 150 Å². The average Bonchev–Trinajstić information content (AvgIpc) is 3.21. The van der Waals surface area contributed by atoms with Crippen LogP contribution in [0.4, 0.5) is 0 Å². The molecule has 2 aliphatic heterocycles. The van der Waals surface area contributed by atoms with Crippen LogP contribution in [0.5, 0.6) is 0 Å². The van der Waals surface area contributed by atoms with E-state index in [2.05, 4.69) is 11.8 Å². The van der Waals surface area contributed by atoms with Crippen LogP contribution in [0.15, 0.2) is 18.3 Å². The van der Waals surface area contributed by atoms with Crippen molar-refractivity contribution in [2.45, 2.75) is 25.3 Å². The zero-order chi connectivity index (χ0) is 18.2. The predicted molar refractivity (Wildman–Crippen MR) is 96.9 cm³/mol. The minimum atomic E-state index is -3.14. The molecule has 0 N–H and O–H groups in total. The minimum Gasteiger partial charge on any atom is -0.347 e. The van der Waals surface area contributed by atoms with Gasteiger partial charge in [-0.25, -0.2) is 12.7 Å². The molecule has 2 fully saturated rings. The molecule has 1 aromatic rings. The van der Waals surface area contributed by atoms with Gasteiger partial charge in [0, 0.05) is 58.1 Å². The maximum Gasteiger partial charge on any atom is 0.270 e. The third-order valence-electron chi connectivity index (χ3n) is 5.82. The Hall–Kier alpha value is -1.38. The second-order valence-electron chi connectivity index (χ2n) is 7.21. The maximum atomic E-state index is 12.6. The number of hydrogen-bond acceptors (Lipinski definition) is 4. The molecule has 0 aliphatic carbocycles. The molecule has 1 amide bonds. The van der Waals surface area contributed by atoms with Crippen LogP contribution >= 0.6 is 0 Å². The average molecular weight is 369 g/mol. The standard InChI is InChI=1S/C17H28N4O3S/c1-4-17(7-9-21(14-17)25(3,23)24)20-12-10-19(11-13-20)16(22)15-6-5-8-18(15)2/h5-6,8H,4,7,9-14H2,1-3H3/t17-/m0/s1. The third-order valence-corrected chi connectivity index (χ3v) is 7.07. The van der Waals surface area contributed by atoms with Crippen molar-refractivity contribution in [1.82, 2.24) is 18.7 Å². The van der Waals surface area contributed by atoms with Gasteiger partial charge in [-0.05, 0) is 25.0 Å². The number of hydrogen-bond donors (Lipinski definition) is 0. The molecule has 0 radical (unpaired) electrons. The van der Waals surface area contributed by atoms with Crippen molar-refractivity contribution in [1.29, 1.82) is 0 Å². The van der Waals surface area contributed by atoms with E-state index in [9.17, 15) is 13.2 Å². The van der Waals surface area contributed by atoms with Crippen molar-refractivity contribution < 1.29 is 13.2 Å². The number of amides is 1. The van der Waals surface area contributed by atoms with Gasteiger partial charge < -0.3 is 9.47 Å². The summed E-state index contributed by atoms with van der Waals surface area (Å²) in [6.07, 6.45) is 4.95. The van der Waals surface area contributed by atoms with Crippen molar-refractivity contribution in [2.24, 2.45) is 7.05 Å². The Morgan fingerprint density at radius 1 is 1.20 bits per heavy atom. The molecule has 8 heteroatoms. The van der Waals surface area contributed by atoms with Crippen LogP contribution < -0.4 is 0 Å². The number of sulfonamides is 1. The molecular formula is C17H28N4O3S. The van der Waals surface area contributed by atoms with Crippen LogP contribution in [0.25, 0.3) is 0 Å². The molecular weight excluding hydrogens is 340 g/mol. The normalized spacial score (nSPS) is 26.3. The van der Waals surface area contributed by atoms with Gasteiger partial charge in [-0.3, -0.25) is 9.69 Å². The van der Waals surface area contributed by atoms with Crippen LogP contribution in [0.2, 0.25) is 0 Å². The lowest BCUT2D eigenvalue weighted by Crippen LogP contribution is -2.59. The highest BCUT2D eigenvalue weighted by Gasteiger charge is 2.45. The first-order chi connectivity index (χ1) is 11.8. The molecule has 0 spiro atoms. The summed E-state index contributed by atoms with van der Waals surface area (Å²) in [4.78, 5) is 16.9. The van der Waals surface area contributed by atoms with Crippen molar-refractivity contribution >= 4 is 15.9 Å². The predicted octanol–water partition coefficient (Wildman–Crippen LogP) is 0.597. The quantitative estimate of drug-likeness (QED) is 0.781. The lowest BCUT2D eigenvalue weighted by atomic mass is 9.92. The number of rotatable bonds is 4. The molecule has 3 rings (SSSR count). The van der Waals surface area contributed by atoms with E-state index in [1.165, 1.54) is 6.26 Å². The second kappa shape index (κ2) is 6.74. The molecule has 0 unspecified atom stereocenters. The van der Waals surface area contributed by atoms with Crippen molar-refractivity contribution in [3.05, 3.63) is 24.0 Å². The highest BCUT2D eigenvalue weighted by atomic mass is 32.2. The van der Waals surface area contributed by atoms with Gasteiger partial charge in [-0.1, -0.05) is 6.92 Å². The fourth-order valence-corrected chi connectivity index (χ4v) is 5.00. The SMILES string of the molecule is CC[C@]1(N2CCN(C(=O)c3cccn3C)CC2)CCN(S(C)(=O)=O)C1. The van der Waals surface area contributed by atoms with Gasteiger partial charge >= 0.3 is 0 Å². The fourth-order valence-electron chi connectivity index (χ4n) is 4.10. The van der Waals surface area contributed by atoms with Gasteiger partial charge in [0.25, 0.3) is 5.91 Å². The number of carbonyl (C=O) groups is 1. The maximum absolute atomic E-state index is 12.6. The summed E-state index contributed by atoms with van der Waals surface area (Å²) in [6, 6.07) is 3.73. The molecule has 1 aromatic heterocycles. The van der Waals surface area contributed by atoms with E-state index in [4.69, 9.17) is 0 Å². The van der Waals surface area contributed by atoms with Gasteiger partial charge in [0.1, 0.15) is 5.69 Å². The smallest absolute Gasteiger partial charge is 0.270 e. The first-order valence-corrected chi connectivity index (χ1v) is 10.7. The first-order valence-electron chi connectivity index (χ1n) is 8.87. The Morgan fingerprint density at radius 2 is 1.88 bits per heavy atom. The summed E-state index contributed by atoms with van der Waals surface area (Å²) in [5, 5.41) is 0. The molecule has 1 atom stereocenters. The molecule has 2 saturated heterocycles. The molecule has 0 saturated carbocycles. The topological polar surface area (TPSA) is 65.9 Å². The van der Waals surface area contributed by atoms with E-state index < -0.39 is 10.0 Å². The van der Waals surface area contributed by atoms with Crippen LogP contribution in [-0.4, -0.2) is 84.1 Å². The lowest BCUT2D eigenvalue weighted by Gasteiger charge is -2.45. The zero-order valence-electron chi connectivity index (χ0n) is 15.3. The molecule has 0 aromatic carbocycles. The monoisotopic (exact) mass is 368 g/mol. The summed E-state index contributed by atoms with van der Waals surface area (Å²) in [5.41, 5.74) is 0.617. The van der Waals surface area contributed by atoms with Crippen LogP contribution in [0.1, 0.15) is 30.3 Å². The number of carbonyl (C=O) groups excluding carboxylic acids is 1. The first kappa shape index (κ1) is 18.4. The Kier molecular flexibility index (Phi) is 4.96. The molecule has 25 heavy (non-hydrogen) atoms. The van der Waals surface area contributed by atoms with Crippen molar-refractivity contribution in [2.75, 3.05) is 45.5 Å². The zero-order valence-corrected chi connectivity index (χ0v) is 16.1. The van der Waals surface area contributed by atoms with E-state index in [-0.39, 0.29) is 11.4 Å². The Balaban J connectivity index is 1.65. The molecule has 2 aliphatic rings. The number of nitrogens with zero attached hydrogens (tertiary/aromatic N) is 4. The minimum absolute atomic E-state index is 0.0712. The molecule has 0 bridgehead atoms. The molecule has 7 nitrogen and oxygen atoms in total. The van der Waals surface area contributed by atoms with Gasteiger partial charge in [0.05, 0.1) is 6.26 Å².